The molecule has 2 rings (SSSR count). The third-order valence-electron chi connectivity index (χ3n) is 3.32. The first-order valence-electron chi connectivity index (χ1n) is 6.97. The van der Waals surface area contributed by atoms with Gasteiger partial charge < -0.3 is 14.6 Å². The fourth-order valence-electron chi connectivity index (χ4n) is 2.10. The van der Waals surface area contributed by atoms with E-state index in [4.69, 9.17) is 4.52 Å². The maximum atomic E-state index is 12.2. The van der Waals surface area contributed by atoms with Crippen molar-refractivity contribution in [3.05, 3.63) is 52.4 Å². The number of nitrogens with zero attached hydrogens (tertiary/aromatic N) is 1. The van der Waals surface area contributed by atoms with E-state index >= 15 is 0 Å². The van der Waals surface area contributed by atoms with Gasteiger partial charge in [0, 0.05) is 6.54 Å². The average molecular weight is 302 g/mol. The fourth-order valence-corrected chi connectivity index (χ4v) is 2.10. The first-order valence-corrected chi connectivity index (χ1v) is 6.97. The molecule has 0 aliphatic rings. The number of hydrogen-bond donors (Lipinski definition) is 1. The lowest BCUT2D eigenvalue weighted by molar-refractivity contribution is 0.0600. The van der Waals surface area contributed by atoms with Crippen molar-refractivity contribution in [3.63, 3.8) is 0 Å². The molecule has 0 spiro atoms. The molecule has 1 amide bonds. The van der Waals surface area contributed by atoms with Crippen LogP contribution in [-0.2, 0) is 17.7 Å². The monoisotopic (exact) mass is 302 g/mol. The number of aromatic nitrogens is 1. The summed E-state index contributed by atoms with van der Waals surface area (Å²) in [6, 6.07) is 6.87. The van der Waals surface area contributed by atoms with Crippen LogP contribution in [0.15, 0.2) is 28.8 Å². The molecule has 6 nitrogen and oxygen atoms in total. The third-order valence-corrected chi connectivity index (χ3v) is 3.32. The van der Waals surface area contributed by atoms with Gasteiger partial charge in [0.05, 0.1) is 18.4 Å². The maximum absolute atomic E-state index is 12.2. The van der Waals surface area contributed by atoms with Crippen LogP contribution in [0.4, 0.5) is 0 Å². The van der Waals surface area contributed by atoms with E-state index in [9.17, 15) is 9.59 Å². The Morgan fingerprint density at radius 2 is 1.95 bits per heavy atom. The van der Waals surface area contributed by atoms with E-state index in [1.807, 2.05) is 6.92 Å². The molecular weight excluding hydrogens is 284 g/mol. The van der Waals surface area contributed by atoms with Crippen molar-refractivity contribution in [1.82, 2.24) is 10.5 Å². The summed E-state index contributed by atoms with van der Waals surface area (Å²) in [5.41, 5.74) is 2.50. The second-order valence-corrected chi connectivity index (χ2v) is 4.79. The largest absolute Gasteiger partial charge is 0.465 e. The summed E-state index contributed by atoms with van der Waals surface area (Å²) >= 11 is 0. The second-order valence-electron chi connectivity index (χ2n) is 4.79. The number of aryl methyl sites for hydroxylation is 2. The number of ether oxygens (including phenoxy) is 1. The number of carbonyl (C=O) groups is 2. The number of amides is 1. The van der Waals surface area contributed by atoms with Gasteiger partial charge in [-0.3, -0.25) is 4.79 Å². The van der Waals surface area contributed by atoms with Crippen LogP contribution in [0.3, 0.4) is 0 Å². The van der Waals surface area contributed by atoms with E-state index in [1.165, 1.54) is 7.11 Å². The molecule has 1 N–H and O–H groups in total. The van der Waals surface area contributed by atoms with Crippen molar-refractivity contribution < 1.29 is 18.8 Å². The highest BCUT2D eigenvalue weighted by Gasteiger charge is 2.18. The van der Waals surface area contributed by atoms with Gasteiger partial charge in [-0.1, -0.05) is 24.2 Å². The van der Waals surface area contributed by atoms with E-state index in [1.54, 1.807) is 31.2 Å². The van der Waals surface area contributed by atoms with Gasteiger partial charge >= 0.3 is 5.97 Å². The Balaban J connectivity index is 2.02. The van der Waals surface area contributed by atoms with E-state index < -0.39 is 0 Å². The highest BCUT2D eigenvalue weighted by molar-refractivity contribution is 5.96. The third kappa shape index (κ3) is 3.33. The maximum Gasteiger partial charge on any atom is 0.337 e. The van der Waals surface area contributed by atoms with Crippen LogP contribution >= 0.6 is 0 Å². The van der Waals surface area contributed by atoms with E-state index in [0.29, 0.717) is 35.5 Å². The Morgan fingerprint density at radius 3 is 2.55 bits per heavy atom. The topological polar surface area (TPSA) is 81.4 Å². The summed E-state index contributed by atoms with van der Waals surface area (Å²) in [6.45, 7) is 3.99. The van der Waals surface area contributed by atoms with Crippen molar-refractivity contribution in [3.8, 4) is 0 Å². The summed E-state index contributed by atoms with van der Waals surface area (Å²) in [5, 5.41) is 6.69. The second kappa shape index (κ2) is 6.89. The molecule has 116 valence electrons. The minimum absolute atomic E-state index is 0.215. The smallest absolute Gasteiger partial charge is 0.337 e. The van der Waals surface area contributed by atoms with Crippen molar-refractivity contribution >= 4 is 11.9 Å². The number of benzene rings is 1. The predicted molar refractivity (Wildman–Crippen MR) is 79.6 cm³/mol. The highest BCUT2D eigenvalue weighted by Crippen LogP contribution is 2.14. The van der Waals surface area contributed by atoms with Gasteiger partial charge in [-0.2, -0.15) is 0 Å². The van der Waals surface area contributed by atoms with Crippen LogP contribution in [0.25, 0.3) is 0 Å². The zero-order chi connectivity index (χ0) is 16.1. The summed E-state index contributed by atoms with van der Waals surface area (Å²) in [6.07, 6.45) is 0.633. The number of nitrogens with one attached hydrogen (secondary N) is 1. The van der Waals surface area contributed by atoms with E-state index in [0.717, 1.165) is 5.56 Å². The number of methoxy groups -OCH3 is 1. The Morgan fingerprint density at radius 1 is 1.27 bits per heavy atom. The molecule has 0 unspecified atom stereocenters. The number of esters is 1. The van der Waals surface area contributed by atoms with Gasteiger partial charge in [-0.05, 0) is 31.0 Å². The molecule has 0 bridgehead atoms. The van der Waals surface area contributed by atoms with Gasteiger partial charge in [0.1, 0.15) is 11.3 Å². The Labute approximate surface area is 128 Å². The number of hydrogen-bond acceptors (Lipinski definition) is 5. The molecule has 0 atom stereocenters. The molecule has 1 aromatic carbocycles. The summed E-state index contributed by atoms with van der Waals surface area (Å²) in [7, 11) is 1.34. The molecular formula is C16H18N2O4. The van der Waals surface area contributed by atoms with Gasteiger partial charge in [0.2, 0.25) is 0 Å². The zero-order valence-electron chi connectivity index (χ0n) is 12.8. The molecule has 0 fully saturated rings. The Bertz CT molecular complexity index is 674. The number of rotatable bonds is 5. The first kappa shape index (κ1) is 15.8. The minimum Gasteiger partial charge on any atom is -0.465 e. The lowest BCUT2D eigenvalue weighted by atomic mass is 10.1. The summed E-state index contributed by atoms with van der Waals surface area (Å²) in [4.78, 5) is 23.6. The van der Waals surface area contributed by atoms with E-state index in [-0.39, 0.29) is 11.9 Å². The Kier molecular flexibility index (Phi) is 4.93. The number of carbonyl (C=O) groups excluding carboxylic acids is 2. The lowest BCUT2D eigenvalue weighted by Crippen LogP contribution is -2.24. The molecule has 1 heterocycles. The lowest BCUT2D eigenvalue weighted by Gasteiger charge is -2.06. The van der Waals surface area contributed by atoms with Crippen molar-refractivity contribution in [1.29, 1.82) is 0 Å². The standard InChI is InChI=1S/C16H18N2O4/c1-4-13-14(10(2)22-18-13)15(19)17-9-11-5-7-12(8-6-11)16(20)21-3/h5-8H,4,9H2,1-3H3,(H,17,19). The summed E-state index contributed by atoms with van der Waals surface area (Å²) < 4.78 is 9.69. The quantitative estimate of drug-likeness (QED) is 0.857. The molecule has 0 radical (unpaired) electrons. The van der Waals surface area contributed by atoms with Crippen molar-refractivity contribution in [2.45, 2.75) is 26.8 Å². The summed E-state index contributed by atoms with van der Waals surface area (Å²) in [5.74, 6) is -0.0914. The van der Waals surface area contributed by atoms with Gasteiger partial charge in [0.15, 0.2) is 0 Å². The highest BCUT2D eigenvalue weighted by atomic mass is 16.5. The molecule has 2 aromatic rings. The normalized spacial score (nSPS) is 10.3. The van der Waals surface area contributed by atoms with Crippen LogP contribution in [-0.4, -0.2) is 24.1 Å². The molecule has 22 heavy (non-hydrogen) atoms. The van der Waals surface area contributed by atoms with Crippen LogP contribution < -0.4 is 5.32 Å². The SMILES string of the molecule is CCc1noc(C)c1C(=O)NCc1ccc(C(=O)OC)cc1. The van der Waals surface area contributed by atoms with Crippen LogP contribution in [0.2, 0.25) is 0 Å². The van der Waals surface area contributed by atoms with E-state index in [2.05, 4.69) is 15.2 Å². The fraction of sp³-hybridized carbons (Fsp3) is 0.312. The molecule has 1 aromatic heterocycles. The van der Waals surface area contributed by atoms with Gasteiger partial charge in [-0.15, -0.1) is 0 Å². The van der Waals surface area contributed by atoms with Crippen molar-refractivity contribution in [2.75, 3.05) is 7.11 Å². The molecule has 6 heteroatoms. The van der Waals surface area contributed by atoms with Gasteiger partial charge in [0.25, 0.3) is 5.91 Å². The molecule has 0 saturated heterocycles. The molecule has 0 saturated carbocycles. The first-order chi connectivity index (χ1) is 10.6. The van der Waals surface area contributed by atoms with Gasteiger partial charge in [-0.25, -0.2) is 4.79 Å². The average Bonchev–Trinajstić information content (AvgIpc) is 2.93. The molecule has 0 aliphatic carbocycles. The minimum atomic E-state index is -0.386. The predicted octanol–water partition coefficient (Wildman–Crippen LogP) is 2.26. The molecule has 0 aliphatic heterocycles. The van der Waals surface area contributed by atoms with Crippen LogP contribution in [0, 0.1) is 6.92 Å². The van der Waals surface area contributed by atoms with Crippen molar-refractivity contribution in [2.24, 2.45) is 0 Å². The van der Waals surface area contributed by atoms with Crippen LogP contribution in [0.5, 0.6) is 0 Å². The van der Waals surface area contributed by atoms with Crippen LogP contribution in [0.1, 0.15) is 44.7 Å². The Hall–Kier alpha value is -2.63. The zero-order valence-corrected chi connectivity index (χ0v) is 12.8.